The van der Waals surface area contributed by atoms with Crippen molar-refractivity contribution in [2.75, 3.05) is 7.11 Å². The summed E-state index contributed by atoms with van der Waals surface area (Å²) in [4.78, 5) is 12.8. The third kappa shape index (κ3) is 3.53. The summed E-state index contributed by atoms with van der Waals surface area (Å²) in [6.07, 6.45) is 17.0. The van der Waals surface area contributed by atoms with Crippen LogP contribution in [0.1, 0.15) is 86.5 Å². The van der Waals surface area contributed by atoms with Crippen LogP contribution >= 0.6 is 0 Å². The zero-order chi connectivity index (χ0) is 24.2. The van der Waals surface area contributed by atoms with Crippen LogP contribution in [0.5, 0.6) is 0 Å². The Morgan fingerprint density at radius 2 is 1.61 bits per heavy atom. The molecule has 0 aromatic carbocycles. The van der Waals surface area contributed by atoms with Crippen LogP contribution in [0.15, 0.2) is 24.3 Å². The monoisotopic (exact) mass is 460 g/mol. The minimum Gasteiger partial charge on any atom is -0.400 e. The van der Waals surface area contributed by atoms with Gasteiger partial charge in [-0.05, 0) is 73.7 Å². The molecule has 2 bridgehead atoms. The molecule has 2 spiro atoms. The summed E-state index contributed by atoms with van der Waals surface area (Å²) in [6, 6.07) is 0. The van der Waals surface area contributed by atoms with Crippen LogP contribution in [0.3, 0.4) is 0 Å². The lowest BCUT2D eigenvalue weighted by Gasteiger charge is -2.69. The van der Waals surface area contributed by atoms with Crippen molar-refractivity contribution < 1.29 is 20.0 Å². The molecule has 10 atom stereocenters. The topological polar surface area (TPSA) is 58.9 Å². The van der Waals surface area contributed by atoms with Gasteiger partial charge in [-0.1, -0.05) is 59.8 Å². The maximum atomic E-state index is 10.4. The van der Waals surface area contributed by atoms with E-state index in [0.29, 0.717) is 41.9 Å². The Morgan fingerprint density at radius 3 is 2.24 bits per heavy atom. The lowest BCUT2D eigenvalue weighted by Crippen LogP contribution is -2.73. The van der Waals surface area contributed by atoms with Gasteiger partial charge < -0.3 is 10.2 Å². The molecular weight excluding hydrogens is 412 g/mol. The summed E-state index contributed by atoms with van der Waals surface area (Å²) in [5.41, 5.74) is -0.366. The fourth-order valence-corrected chi connectivity index (χ4v) is 8.71. The molecule has 0 amide bonds. The highest BCUT2D eigenvalue weighted by atomic mass is 17.2. The molecule has 0 radical (unpaired) electrons. The van der Waals surface area contributed by atoms with E-state index >= 15 is 0 Å². The first kappa shape index (κ1) is 25.4. The number of rotatable bonds is 4. The Bertz CT molecular complexity index is 776. The van der Waals surface area contributed by atoms with Crippen molar-refractivity contribution >= 4 is 0 Å². The average molecular weight is 461 g/mol. The maximum Gasteiger partial charge on any atom is 0.130 e. The second-order valence-electron chi connectivity index (χ2n) is 12.7. The van der Waals surface area contributed by atoms with Gasteiger partial charge in [0.1, 0.15) is 11.2 Å². The lowest BCUT2D eigenvalue weighted by molar-refractivity contribution is -0.497. The highest BCUT2D eigenvalue weighted by Gasteiger charge is 2.74. The van der Waals surface area contributed by atoms with E-state index in [1.807, 2.05) is 0 Å². The van der Waals surface area contributed by atoms with Crippen LogP contribution in [0.4, 0.5) is 0 Å². The Morgan fingerprint density at radius 1 is 0.879 bits per heavy atom. The summed E-state index contributed by atoms with van der Waals surface area (Å²) in [6.45, 7) is 14.4. The van der Waals surface area contributed by atoms with Crippen molar-refractivity contribution in [2.24, 2.45) is 46.3 Å². The van der Waals surface area contributed by atoms with Crippen molar-refractivity contribution in [3.8, 4) is 0 Å². The molecule has 0 aromatic heterocycles. The molecule has 4 aliphatic carbocycles. The third-order valence-corrected chi connectivity index (χ3v) is 11.1. The summed E-state index contributed by atoms with van der Waals surface area (Å²) in [5.74, 6) is 3.64. The molecular formula is C29H48O4. The molecule has 4 heteroatoms. The molecule has 0 aromatic rings. The first-order valence-corrected chi connectivity index (χ1v) is 13.5. The first-order chi connectivity index (χ1) is 15.6. The van der Waals surface area contributed by atoms with Gasteiger partial charge in [0.15, 0.2) is 0 Å². The third-order valence-electron chi connectivity index (χ3n) is 11.1. The second kappa shape index (κ2) is 8.76. The smallest absolute Gasteiger partial charge is 0.130 e. The normalized spacial score (nSPS) is 49.8. The molecule has 6 aliphatic rings. The molecule has 0 unspecified atom stereocenters. The number of aliphatic hydroxyl groups is 2. The molecule has 2 aliphatic heterocycles. The molecule has 4 fully saturated rings. The predicted octanol–water partition coefficient (Wildman–Crippen LogP) is 6.08. The fraction of sp³-hybridized carbons (Fsp3) is 0.862. The van der Waals surface area contributed by atoms with Crippen molar-refractivity contribution in [3.05, 3.63) is 24.3 Å². The van der Waals surface area contributed by atoms with Gasteiger partial charge in [-0.2, -0.15) is 0 Å². The van der Waals surface area contributed by atoms with Crippen molar-refractivity contribution in [1.82, 2.24) is 0 Å². The van der Waals surface area contributed by atoms with E-state index in [4.69, 9.17) is 14.9 Å². The Hall–Kier alpha value is -0.680. The summed E-state index contributed by atoms with van der Waals surface area (Å²) in [7, 11) is 1.00. The minimum atomic E-state index is -0.439. The number of hydrogen-bond donors (Lipinski definition) is 2. The van der Waals surface area contributed by atoms with Crippen LogP contribution in [0, 0.1) is 46.3 Å². The van der Waals surface area contributed by atoms with Gasteiger partial charge in [0, 0.05) is 30.8 Å². The molecule has 2 heterocycles. The fourth-order valence-electron chi connectivity index (χ4n) is 8.71. The molecule has 33 heavy (non-hydrogen) atoms. The lowest BCUT2D eigenvalue weighted by atomic mass is 9.43. The van der Waals surface area contributed by atoms with Gasteiger partial charge >= 0.3 is 0 Å². The molecule has 6 rings (SSSR count). The van der Waals surface area contributed by atoms with Gasteiger partial charge in [0.25, 0.3) is 0 Å². The summed E-state index contributed by atoms with van der Waals surface area (Å²) in [5, 5.41) is 17.4. The van der Waals surface area contributed by atoms with E-state index in [-0.39, 0.29) is 22.5 Å². The zero-order valence-electron chi connectivity index (χ0n) is 22.0. The van der Waals surface area contributed by atoms with Gasteiger partial charge in [0.2, 0.25) is 0 Å². The molecule has 2 N–H and O–H groups in total. The van der Waals surface area contributed by atoms with Gasteiger partial charge in [-0.15, -0.1) is 0 Å². The van der Waals surface area contributed by atoms with Crippen molar-refractivity contribution in [3.63, 3.8) is 0 Å². The van der Waals surface area contributed by atoms with Crippen LogP contribution in [0.25, 0.3) is 0 Å². The maximum absolute atomic E-state index is 10.4. The molecule has 188 valence electrons. The van der Waals surface area contributed by atoms with Crippen LogP contribution < -0.4 is 0 Å². The number of allylic oxidation sites excluding steroid dienone is 2. The van der Waals surface area contributed by atoms with E-state index in [9.17, 15) is 5.11 Å². The van der Waals surface area contributed by atoms with Crippen molar-refractivity contribution in [2.45, 2.75) is 104 Å². The first-order valence-electron chi connectivity index (χ1n) is 13.5. The second-order valence-corrected chi connectivity index (χ2v) is 12.7. The molecule has 4 nitrogen and oxygen atoms in total. The number of hydrogen-bond acceptors (Lipinski definition) is 4. The Labute approximate surface area is 201 Å². The van der Waals surface area contributed by atoms with E-state index in [1.54, 1.807) is 0 Å². The minimum absolute atomic E-state index is 0.0663. The number of aliphatic hydroxyl groups excluding tert-OH is 2. The van der Waals surface area contributed by atoms with Crippen LogP contribution in [0.2, 0.25) is 0 Å². The molecule has 3 saturated carbocycles. The van der Waals surface area contributed by atoms with E-state index in [2.05, 4.69) is 65.8 Å². The van der Waals surface area contributed by atoms with Gasteiger partial charge in [-0.3, -0.25) is 0 Å². The standard InChI is InChI=1S/C28H44O3.CH4O/c1-18(2)19(3)7-8-20(4)22-9-10-23-25(22,5)13-12-24-26(6)14-11-21(29)17-27(26)15-16-28(23,24)31-30-27;1-2/h7-8,15-16,18-24,29H,9-14,17H2,1-6H3;2H,1H3/b8-7+;/t19-,20+,21-,22+,23+,24+,25+,26+,27+,28-;/m0./s1. The van der Waals surface area contributed by atoms with E-state index in [1.165, 1.54) is 25.7 Å². The number of fused-ring (bicyclic) bond motifs is 2. The van der Waals surface area contributed by atoms with Gasteiger partial charge in [-0.25, -0.2) is 9.78 Å². The largest absolute Gasteiger partial charge is 0.400 e. The average Bonchev–Trinajstić information content (AvgIpc) is 3.16. The van der Waals surface area contributed by atoms with Crippen LogP contribution in [-0.2, 0) is 9.78 Å². The quantitative estimate of drug-likeness (QED) is 0.394. The highest BCUT2D eigenvalue weighted by Crippen LogP contribution is 2.72. The summed E-state index contributed by atoms with van der Waals surface area (Å²) >= 11 is 0. The molecule has 1 saturated heterocycles. The van der Waals surface area contributed by atoms with E-state index in [0.717, 1.165) is 20.0 Å². The van der Waals surface area contributed by atoms with E-state index < -0.39 is 5.60 Å². The Kier molecular flexibility index (Phi) is 6.75. The Balaban J connectivity index is 0.00000126. The zero-order valence-corrected chi connectivity index (χ0v) is 22.0. The summed E-state index contributed by atoms with van der Waals surface area (Å²) < 4.78 is 0. The van der Waals surface area contributed by atoms with Crippen LogP contribution in [-0.4, -0.2) is 34.6 Å². The highest BCUT2D eigenvalue weighted by molar-refractivity contribution is 5.33. The predicted molar refractivity (Wildman–Crippen MR) is 132 cm³/mol. The van der Waals surface area contributed by atoms with Gasteiger partial charge in [0.05, 0.1) is 6.10 Å². The SMILES string of the molecule is CC(C)[C@@H](C)/C=C/[C@@H](C)[C@H]1CC[C@@H]2[C@]1(C)CC[C@H]1[C@]23C=C[C@]2(C[C@@H](O)CC[C@]12C)OO3.CO. The van der Waals surface area contributed by atoms with Crippen molar-refractivity contribution in [1.29, 1.82) is 0 Å².